The lowest BCUT2D eigenvalue weighted by Gasteiger charge is -2.05. The number of hydrogen-bond acceptors (Lipinski definition) is 4. The first kappa shape index (κ1) is 11.8. The third kappa shape index (κ3) is 3.75. The van der Waals surface area contributed by atoms with Gasteiger partial charge in [-0.25, -0.2) is 4.98 Å². The van der Waals surface area contributed by atoms with Crippen molar-refractivity contribution in [2.75, 3.05) is 5.75 Å². The summed E-state index contributed by atoms with van der Waals surface area (Å²) in [5, 5.41) is 8.94. The van der Waals surface area contributed by atoms with E-state index in [9.17, 15) is 9.59 Å². The Morgan fingerprint density at radius 2 is 2.33 bits per heavy atom. The maximum Gasteiger partial charge on any atom is 0.313 e. The monoisotopic (exact) mass is 228 g/mol. The highest BCUT2D eigenvalue weighted by Crippen LogP contribution is 2.15. The molecule has 0 saturated carbocycles. The van der Waals surface area contributed by atoms with Crippen LogP contribution < -0.4 is 5.56 Å². The first-order chi connectivity index (χ1) is 6.99. The van der Waals surface area contributed by atoms with Gasteiger partial charge in [0.05, 0.1) is 5.75 Å². The van der Waals surface area contributed by atoms with Crippen LogP contribution in [0.2, 0.25) is 0 Å². The molecular formula is C9H12N2O3S. The molecule has 1 rings (SSSR count). The second-order valence-electron chi connectivity index (χ2n) is 3.31. The zero-order valence-corrected chi connectivity index (χ0v) is 9.30. The van der Waals surface area contributed by atoms with Gasteiger partial charge >= 0.3 is 5.97 Å². The molecule has 0 aliphatic carbocycles. The molecule has 0 bridgehead atoms. The van der Waals surface area contributed by atoms with E-state index in [1.165, 1.54) is 6.07 Å². The second kappa shape index (κ2) is 4.97. The van der Waals surface area contributed by atoms with E-state index in [2.05, 4.69) is 9.97 Å². The molecule has 82 valence electrons. The van der Waals surface area contributed by atoms with Crippen molar-refractivity contribution in [3.8, 4) is 0 Å². The van der Waals surface area contributed by atoms with Gasteiger partial charge in [-0.05, 0) is 0 Å². The van der Waals surface area contributed by atoms with Crippen LogP contribution in [0.25, 0.3) is 0 Å². The van der Waals surface area contributed by atoms with E-state index in [1.54, 1.807) is 0 Å². The minimum Gasteiger partial charge on any atom is -0.481 e. The molecule has 0 unspecified atom stereocenters. The van der Waals surface area contributed by atoms with Gasteiger partial charge in [0, 0.05) is 12.0 Å². The SMILES string of the molecule is CC(C)c1nc(SCC(=O)O)cc(=O)[nH]1. The molecule has 1 aromatic rings. The number of aromatic nitrogens is 2. The van der Waals surface area contributed by atoms with E-state index in [0.29, 0.717) is 10.9 Å². The molecule has 0 aliphatic rings. The van der Waals surface area contributed by atoms with Crippen LogP contribution in [-0.4, -0.2) is 26.8 Å². The molecule has 0 aromatic carbocycles. The van der Waals surface area contributed by atoms with Gasteiger partial charge < -0.3 is 10.1 Å². The van der Waals surface area contributed by atoms with Crippen molar-refractivity contribution in [1.82, 2.24) is 9.97 Å². The van der Waals surface area contributed by atoms with Crippen molar-refractivity contribution in [3.63, 3.8) is 0 Å². The van der Waals surface area contributed by atoms with Gasteiger partial charge in [0.2, 0.25) is 0 Å². The zero-order valence-electron chi connectivity index (χ0n) is 8.48. The first-order valence-electron chi connectivity index (χ1n) is 4.45. The summed E-state index contributed by atoms with van der Waals surface area (Å²) in [5.74, 6) is -0.319. The van der Waals surface area contributed by atoms with Gasteiger partial charge in [0.1, 0.15) is 10.9 Å². The van der Waals surface area contributed by atoms with Crippen molar-refractivity contribution in [3.05, 3.63) is 22.2 Å². The molecule has 0 amide bonds. The number of rotatable bonds is 4. The molecule has 0 atom stereocenters. The zero-order chi connectivity index (χ0) is 11.4. The standard InChI is InChI=1S/C9H12N2O3S/c1-5(2)9-10-6(12)3-7(11-9)15-4-8(13)14/h3,5H,4H2,1-2H3,(H,13,14)(H,10,11,12). The lowest BCUT2D eigenvalue weighted by atomic mass is 10.2. The Morgan fingerprint density at radius 3 is 2.87 bits per heavy atom. The number of aromatic amines is 1. The van der Waals surface area contributed by atoms with E-state index in [-0.39, 0.29) is 17.2 Å². The molecule has 0 fully saturated rings. The summed E-state index contributed by atoms with van der Waals surface area (Å²) in [6.45, 7) is 3.81. The van der Waals surface area contributed by atoms with Crippen molar-refractivity contribution in [1.29, 1.82) is 0 Å². The van der Waals surface area contributed by atoms with E-state index in [4.69, 9.17) is 5.11 Å². The summed E-state index contributed by atoms with van der Waals surface area (Å²) in [6, 6.07) is 1.31. The Kier molecular flexibility index (Phi) is 3.90. The molecule has 1 aromatic heterocycles. The van der Waals surface area contributed by atoms with Gasteiger partial charge in [-0.15, -0.1) is 0 Å². The number of aliphatic carboxylic acids is 1. The van der Waals surface area contributed by atoms with Gasteiger partial charge in [0.25, 0.3) is 5.56 Å². The fourth-order valence-corrected chi connectivity index (χ4v) is 1.56. The van der Waals surface area contributed by atoms with Crippen LogP contribution in [0.4, 0.5) is 0 Å². The molecule has 5 nitrogen and oxygen atoms in total. The summed E-state index contributed by atoms with van der Waals surface area (Å²) >= 11 is 1.04. The highest BCUT2D eigenvalue weighted by Gasteiger charge is 2.07. The second-order valence-corrected chi connectivity index (χ2v) is 4.30. The number of nitrogens with zero attached hydrogens (tertiary/aromatic N) is 1. The van der Waals surface area contributed by atoms with E-state index >= 15 is 0 Å². The molecule has 0 saturated heterocycles. The Bertz CT molecular complexity index is 414. The van der Waals surface area contributed by atoms with Gasteiger partial charge in [-0.1, -0.05) is 25.6 Å². The number of H-pyrrole nitrogens is 1. The number of nitrogens with one attached hydrogen (secondary N) is 1. The Labute approximate surface area is 90.9 Å². The van der Waals surface area contributed by atoms with Crippen LogP contribution in [0.1, 0.15) is 25.6 Å². The molecule has 2 N–H and O–H groups in total. The summed E-state index contributed by atoms with van der Waals surface area (Å²) < 4.78 is 0. The number of carbonyl (C=O) groups is 1. The van der Waals surface area contributed by atoms with Crippen molar-refractivity contribution in [2.24, 2.45) is 0 Å². The molecule has 0 radical (unpaired) electrons. The lowest BCUT2D eigenvalue weighted by Crippen LogP contribution is -2.12. The lowest BCUT2D eigenvalue weighted by molar-refractivity contribution is -0.133. The van der Waals surface area contributed by atoms with Crippen LogP contribution in [0.3, 0.4) is 0 Å². The molecule has 15 heavy (non-hydrogen) atoms. The predicted octanol–water partition coefficient (Wildman–Crippen LogP) is 1.07. The molecule has 0 aliphatic heterocycles. The smallest absolute Gasteiger partial charge is 0.313 e. The number of hydrogen-bond donors (Lipinski definition) is 2. The van der Waals surface area contributed by atoms with Crippen molar-refractivity contribution >= 4 is 17.7 Å². The number of thioether (sulfide) groups is 1. The molecular weight excluding hydrogens is 216 g/mol. The maximum absolute atomic E-state index is 11.2. The minimum atomic E-state index is -0.923. The number of carboxylic acid groups (broad SMARTS) is 1. The van der Waals surface area contributed by atoms with Crippen LogP contribution in [0.15, 0.2) is 15.9 Å². The predicted molar refractivity (Wildman–Crippen MR) is 57.3 cm³/mol. The van der Waals surface area contributed by atoms with Crippen LogP contribution in [-0.2, 0) is 4.79 Å². The highest BCUT2D eigenvalue weighted by atomic mass is 32.2. The summed E-state index contributed by atoms with van der Waals surface area (Å²) in [7, 11) is 0. The fraction of sp³-hybridized carbons (Fsp3) is 0.444. The molecule has 1 heterocycles. The summed E-state index contributed by atoms with van der Waals surface area (Å²) in [4.78, 5) is 28.3. The van der Waals surface area contributed by atoms with Crippen LogP contribution >= 0.6 is 11.8 Å². The van der Waals surface area contributed by atoms with Gasteiger partial charge in [-0.3, -0.25) is 9.59 Å². The van der Waals surface area contributed by atoms with E-state index < -0.39 is 5.97 Å². The minimum absolute atomic E-state index is 0.0893. The molecule has 6 heteroatoms. The maximum atomic E-state index is 11.2. The summed E-state index contributed by atoms with van der Waals surface area (Å²) in [6.07, 6.45) is 0. The molecule has 0 spiro atoms. The van der Waals surface area contributed by atoms with Crippen molar-refractivity contribution in [2.45, 2.75) is 24.8 Å². The highest BCUT2D eigenvalue weighted by molar-refractivity contribution is 7.99. The topological polar surface area (TPSA) is 83.0 Å². The largest absolute Gasteiger partial charge is 0.481 e. The average Bonchev–Trinajstić information content (AvgIpc) is 2.13. The van der Waals surface area contributed by atoms with Gasteiger partial charge in [-0.2, -0.15) is 0 Å². The fourth-order valence-electron chi connectivity index (χ4n) is 0.936. The van der Waals surface area contributed by atoms with Crippen molar-refractivity contribution < 1.29 is 9.90 Å². The average molecular weight is 228 g/mol. The van der Waals surface area contributed by atoms with E-state index in [0.717, 1.165) is 11.8 Å². The number of carboxylic acids is 1. The summed E-state index contributed by atoms with van der Waals surface area (Å²) in [5.41, 5.74) is -0.249. The van der Waals surface area contributed by atoms with Gasteiger partial charge in [0.15, 0.2) is 0 Å². The van der Waals surface area contributed by atoms with Crippen LogP contribution in [0, 0.1) is 0 Å². The third-order valence-corrected chi connectivity index (χ3v) is 2.52. The Hall–Kier alpha value is -1.30. The quantitative estimate of drug-likeness (QED) is 0.595. The third-order valence-electron chi connectivity index (χ3n) is 1.63. The Morgan fingerprint density at radius 1 is 1.67 bits per heavy atom. The van der Waals surface area contributed by atoms with E-state index in [1.807, 2.05) is 13.8 Å². The Balaban J connectivity index is 2.89. The normalized spacial score (nSPS) is 10.6. The first-order valence-corrected chi connectivity index (χ1v) is 5.43. The van der Waals surface area contributed by atoms with Crippen LogP contribution in [0.5, 0.6) is 0 Å².